The molecule has 13 heavy (non-hydrogen) atoms. The van der Waals surface area contributed by atoms with Gasteiger partial charge >= 0.3 is 0 Å². The summed E-state index contributed by atoms with van der Waals surface area (Å²) in [5, 5.41) is -0.423. The molecule has 1 aliphatic rings. The van der Waals surface area contributed by atoms with E-state index in [1.165, 1.54) is 4.90 Å². The second-order valence-corrected chi connectivity index (χ2v) is 4.43. The van der Waals surface area contributed by atoms with Gasteiger partial charge in [-0.3, -0.25) is 14.5 Å². The van der Waals surface area contributed by atoms with Gasteiger partial charge in [0.05, 0.1) is 5.25 Å². The van der Waals surface area contributed by atoms with Gasteiger partial charge in [0, 0.05) is 12.5 Å². The van der Waals surface area contributed by atoms with Crippen LogP contribution in [0.5, 0.6) is 0 Å². The number of likely N-dealkylation sites (tertiary alicyclic amines) is 1. The van der Waals surface area contributed by atoms with Crippen LogP contribution in [0, 0.1) is 5.92 Å². The summed E-state index contributed by atoms with van der Waals surface area (Å²) < 4.78 is 0. The number of nitrogens with zero attached hydrogens (tertiary/aromatic N) is 1. The van der Waals surface area contributed by atoms with E-state index in [9.17, 15) is 9.59 Å². The molecule has 0 aromatic rings. The molecule has 0 N–H and O–H groups in total. The maximum atomic E-state index is 11.5. The molecule has 0 aliphatic carbocycles. The van der Waals surface area contributed by atoms with Gasteiger partial charge in [-0.2, -0.15) is 12.6 Å². The molecule has 3 nitrogen and oxygen atoms in total. The SMILES string of the molecule is CC(C)[C@@H](C)N1C(=O)CC(S)C1=O. The minimum atomic E-state index is -0.423. The molecule has 1 aliphatic heterocycles. The van der Waals surface area contributed by atoms with Crippen LogP contribution in [0.15, 0.2) is 0 Å². The number of amides is 2. The van der Waals surface area contributed by atoms with Crippen molar-refractivity contribution in [3.05, 3.63) is 0 Å². The van der Waals surface area contributed by atoms with Crippen LogP contribution in [-0.2, 0) is 9.59 Å². The van der Waals surface area contributed by atoms with Crippen molar-refractivity contribution in [3.63, 3.8) is 0 Å². The lowest BCUT2D eigenvalue weighted by Gasteiger charge is -2.25. The highest BCUT2D eigenvalue weighted by Crippen LogP contribution is 2.23. The zero-order valence-corrected chi connectivity index (χ0v) is 9.04. The van der Waals surface area contributed by atoms with Crippen molar-refractivity contribution in [2.45, 2.75) is 38.5 Å². The lowest BCUT2D eigenvalue weighted by molar-refractivity contribution is -0.141. The quantitative estimate of drug-likeness (QED) is 0.536. The normalized spacial score (nSPS) is 25.9. The summed E-state index contributed by atoms with van der Waals surface area (Å²) >= 11 is 4.06. The minimum absolute atomic E-state index is 0.0165. The highest BCUT2D eigenvalue weighted by atomic mass is 32.1. The summed E-state index contributed by atoms with van der Waals surface area (Å²) in [6, 6.07) is -0.0165. The number of rotatable bonds is 2. The van der Waals surface area contributed by atoms with Crippen LogP contribution < -0.4 is 0 Å². The molecule has 2 atom stereocenters. The van der Waals surface area contributed by atoms with Crippen LogP contribution in [0.25, 0.3) is 0 Å². The predicted octanol–water partition coefficient (Wildman–Crippen LogP) is 1.09. The minimum Gasteiger partial charge on any atom is -0.279 e. The molecule has 0 bridgehead atoms. The third-order valence-electron chi connectivity index (χ3n) is 2.53. The Bertz CT molecular complexity index is 240. The standard InChI is InChI=1S/C9H15NO2S/c1-5(2)6(3)10-8(11)4-7(13)9(10)12/h5-7,13H,4H2,1-3H3/t6-,7?/m1/s1. The van der Waals surface area contributed by atoms with Crippen molar-refractivity contribution >= 4 is 24.4 Å². The Morgan fingerprint density at radius 3 is 2.23 bits per heavy atom. The van der Waals surface area contributed by atoms with Gasteiger partial charge in [-0.25, -0.2) is 0 Å². The average molecular weight is 201 g/mol. The molecule has 0 spiro atoms. The topological polar surface area (TPSA) is 37.4 Å². The van der Waals surface area contributed by atoms with Crippen molar-refractivity contribution in [1.82, 2.24) is 4.90 Å². The van der Waals surface area contributed by atoms with E-state index in [0.29, 0.717) is 5.92 Å². The van der Waals surface area contributed by atoms with Gasteiger partial charge in [0.25, 0.3) is 0 Å². The molecule has 0 aromatic heterocycles. The van der Waals surface area contributed by atoms with E-state index in [1.54, 1.807) is 0 Å². The van der Waals surface area contributed by atoms with E-state index in [4.69, 9.17) is 0 Å². The molecule has 1 saturated heterocycles. The van der Waals surface area contributed by atoms with E-state index in [-0.39, 0.29) is 24.3 Å². The Morgan fingerprint density at radius 1 is 1.38 bits per heavy atom. The first kappa shape index (κ1) is 10.6. The monoisotopic (exact) mass is 201 g/mol. The lowest BCUT2D eigenvalue weighted by atomic mass is 10.1. The lowest BCUT2D eigenvalue weighted by Crippen LogP contribution is -2.41. The summed E-state index contributed by atoms with van der Waals surface area (Å²) in [7, 11) is 0. The first-order valence-corrected chi connectivity index (χ1v) is 5.00. The van der Waals surface area contributed by atoms with Crippen LogP contribution in [0.2, 0.25) is 0 Å². The molecule has 0 saturated carbocycles. The molecule has 2 amide bonds. The van der Waals surface area contributed by atoms with Gasteiger partial charge in [-0.05, 0) is 12.8 Å². The average Bonchev–Trinajstić information content (AvgIpc) is 2.26. The molecular weight excluding hydrogens is 186 g/mol. The van der Waals surface area contributed by atoms with Crippen LogP contribution in [0.4, 0.5) is 0 Å². The maximum absolute atomic E-state index is 11.5. The third kappa shape index (κ3) is 1.88. The Morgan fingerprint density at radius 2 is 1.92 bits per heavy atom. The highest BCUT2D eigenvalue weighted by Gasteiger charge is 2.39. The Labute approximate surface area is 83.9 Å². The zero-order valence-electron chi connectivity index (χ0n) is 8.15. The molecule has 1 unspecified atom stereocenters. The first-order chi connectivity index (χ1) is 5.95. The molecule has 1 rings (SSSR count). The van der Waals surface area contributed by atoms with E-state index in [1.807, 2.05) is 20.8 Å². The van der Waals surface area contributed by atoms with Gasteiger partial charge in [0.1, 0.15) is 0 Å². The van der Waals surface area contributed by atoms with Crippen molar-refractivity contribution < 1.29 is 9.59 Å². The number of imide groups is 1. The summed E-state index contributed by atoms with van der Waals surface area (Å²) in [5.41, 5.74) is 0. The summed E-state index contributed by atoms with van der Waals surface area (Å²) in [6.07, 6.45) is 0.249. The fraction of sp³-hybridized carbons (Fsp3) is 0.778. The van der Waals surface area contributed by atoms with E-state index >= 15 is 0 Å². The van der Waals surface area contributed by atoms with Gasteiger partial charge in [0.2, 0.25) is 11.8 Å². The Balaban J connectivity index is 2.80. The third-order valence-corrected chi connectivity index (χ3v) is 2.93. The first-order valence-electron chi connectivity index (χ1n) is 4.49. The maximum Gasteiger partial charge on any atom is 0.242 e. The number of carbonyl (C=O) groups excluding carboxylic acids is 2. The van der Waals surface area contributed by atoms with E-state index in [0.717, 1.165) is 0 Å². The second-order valence-electron chi connectivity index (χ2n) is 3.81. The molecule has 1 fully saturated rings. The van der Waals surface area contributed by atoms with Gasteiger partial charge < -0.3 is 0 Å². The second kappa shape index (κ2) is 3.70. The number of hydrogen-bond donors (Lipinski definition) is 1. The Kier molecular flexibility index (Phi) is 3.01. The molecule has 1 heterocycles. The van der Waals surface area contributed by atoms with Crippen LogP contribution in [0.1, 0.15) is 27.2 Å². The van der Waals surface area contributed by atoms with E-state index < -0.39 is 5.25 Å². The zero-order chi connectivity index (χ0) is 10.2. The van der Waals surface area contributed by atoms with Gasteiger partial charge in [-0.1, -0.05) is 13.8 Å². The van der Waals surface area contributed by atoms with Gasteiger partial charge in [-0.15, -0.1) is 0 Å². The van der Waals surface area contributed by atoms with Crippen molar-refractivity contribution in [3.8, 4) is 0 Å². The van der Waals surface area contributed by atoms with Crippen molar-refractivity contribution in [2.75, 3.05) is 0 Å². The summed E-state index contributed by atoms with van der Waals surface area (Å²) in [6.45, 7) is 5.89. The fourth-order valence-electron chi connectivity index (χ4n) is 1.36. The summed E-state index contributed by atoms with van der Waals surface area (Å²) in [4.78, 5) is 24.2. The largest absolute Gasteiger partial charge is 0.279 e. The molecule has 4 heteroatoms. The van der Waals surface area contributed by atoms with Crippen molar-refractivity contribution in [1.29, 1.82) is 0 Å². The number of hydrogen-bond acceptors (Lipinski definition) is 3. The molecule has 0 radical (unpaired) electrons. The smallest absolute Gasteiger partial charge is 0.242 e. The summed E-state index contributed by atoms with van der Waals surface area (Å²) in [5.74, 6) is 0.0623. The van der Waals surface area contributed by atoms with E-state index in [2.05, 4.69) is 12.6 Å². The van der Waals surface area contributed by atoms with Crippen LogP contribution in [-0.4, -0.2) is 28.0 Å². The predicted molar refractivity (Wildman–Crippen MR) is 53.5 cm³/mol. The Hall–Kier alpha value is -0.510. The fourth-order valence-corrected chi connectivity index (χ4v) is 1.64. The number of thiol groups is 1. The number of carbonyl (C=O) groups is 2. The van der Waals surface area contributed by atoms with Crippen LogP contribution in [0.3, 0.4) is 0 Å². The molecule has 0 aromatic carbocycles. The molecule has 74 valence electrons. The van der Waals surface area contributed by atoms with Crippen LogP contribution >= 0.6 is 12.6 Å². The highest BCUT2D eigenvalue weighted by molar-refractivity contribution is 7.81. The molecular formula is C9H15NO2S. The van der Waals surface area contributed by atoms with Crippen molar-refractivity contribution in [2.24, 2.45) is 5.92 Å². The van der Waals surface area contributed by atoms with Gasteiger partial charge in [0.15, 0.2) is 0 Å².